The molecular weight excluding hydrogens is 426 g/mol. The van der Waals surface area contributed by atoms with Gasteiger partial charge < -0.3 is 19.4 Å². The number of carbonyl (C=O) groups is 1. The number of anilines is 2. The second kappa shape index (κ2) is 10.1. The Labute approximate surface area is 201 Å². The first kappa shape index (κ1) is 22.2. The molecule has 0 aliphatic carbocycles. The monoisotopic (exact) mass is 457 g/mol. The number of benzene rings is 2. The van der Waals surface area contributed by atoms with Crippen LogP contribution in [0.3, 0.4) is 0 Å². The van der Waals surface area contributed by atoms with Crippen LogP contribution in [0, 0.1) is 5.92 Å². The van der Waals surface area contributed by atoms with Crippen molar-refractivity contribution in [1.29, 1.82) is 0 Å². The zero-order valence-electron chi connectivity index (χ0n) is 19.6. The van der Waals surface area contributed by atoms with E-state index in [1.165, 1.54) is 0 Å². The second-order valence-electron chi connectivity index (χ2n) is 8.92. The molecule has 0 atom stereocenters. The van der Waals surface area contributed by atoms with Crippen molar-refractivity contribution >= 4 is 17.4 Å². The number of rotatable bonds is 5. The number of amides is 1. The fourth-order valence-corrected chi connectivity index (χ4v) is 4.86. The Balaban J connectivity index is 1.12. The van der Waals surface area contributed by atoms with Crippen LogP contribution in [0.1, 0.15) is 12.8 Å². The number of aromatic nitrogens is 2. The Morgan fingerprint density at radius 3 is 2.26 bits per heavy atom. The largest absolute Gasteiger partial charge is 0.497 e. The maximum absolute atomic E-state index is 13.2. The molecule has 2 fully saturated rings. The number of ether oxygens (including phenoxy) is 1. The molecule has 5 rings (SSSR count). The highest BCUT2D eigenvalue weighted by Crippen LogP contribution is 2.26. The van der Waals surface area contributed by atoms with Gasteiger partial charge in [0.25, 0.3) is 0 Å². The van der Waals surface area contributed by atoms with Gasteiger partial charge in [-0.3, -0.25) is 4.79 Å². The van der Waals surface area contributed by atoms with E-state index in [1.807, 2.05) is 59.5 Å². The molecule has 0 saturated carbocycles. The van der Waals surface area contributed by atoms with Gasteiger partial charge in [0.05, 0.1) is 12.8 Å². The second-order valence-corrected chi connectivity index (χ2v) is 8.92. The molecular formula is C27H31N5O2. The molecule has 2 aromatic carbocycles. The SMILES string of the molecule is COc1cccc(N2CCN(C(=O)C3CCN(c4ccc(-c5ccccc5)nn4)CC3)CC2)c1. The highest BCUT2D eigenvalue weighted by atomic mass is 16.5. The lowest BCUT2D eigenvalue weighted by molar-refractivity contribution is -0.136. The first-order valence-electron chi connectivity index (χ1n) is 12.0. The van der Waals surface area contributed by atoms with E-state index in [0.29, 0.717) is 5.91 Å². The molecule has 3 heterocycles. The molecule has 0 spiro atoms. The van der Waals surface area contributed by atoms with Gasteiger partial charge in [-0.1, -0.05) is 36.4 Å². The smallest absolute Gasteiger partial charge is 0.225 e. The maximum Gasteiger partial charge on any atom is 0.225 e. The Morgan fingerprint density at radius 1 is 0.824 bits per heavy atom. The van der Waals surface area contributed by atoms with Crippen molar-refractivity contribution in [1.82, 2.24) is 15.1 Å². The molecule has 176 valence electrons. The van der Waals surface area contributed by atoms with Gasteiger partial charge in [-0.05, 0) is 37.1 Å². The van der Waals surface area contributed by atoms with Crippen molar-refractivity contribution in [3.8, 4) is 17.0 Å². The zero-order chi connectivity index (χ0) is 23.3. The van der Waals surface area contributed by atoms with Gasteiger partial charge in [0.15, 0.2) is 5.82 Å². The van der Waals surface area contributed by atoms with Gasteiger partial charge in [-0.25, -0.2) is 0 Å². The topological polar surface area (TPSA) is 61.8 Å². The summed E-state index contributed by atoms with van der Waals surface area (Å²) in [5.41, 5.74) is 3.10. The Hall–Kier alpha value is -3.61. The summed E-state index contributed by atoms with van der Waals surface area (Å²) in [5, 5.41) is 8.87. The van der Waals surface area contributed by atoms with Crippen LogP contribution >= 0.6 is 0 Å². The van der Waals surface area contributed by atoms with Gasteiger partial charge in [0, 0.05) is 62.5 Å². The first-order chi connectivity index (χ1) is 16.7. The predicted octanol–water partition coefficient (Wildman–Crippen LogP) is 3.72. The summed E-state index contributed by atoms with van der Waals surface area (Å²) in [7, 11) is 1.69. The van der Waals surface area contributed by atoms with E-state index in [9.17, 15) is 4.79 Å². The lowest BCUT2D eigenvalue weighted by atomic mass is 9.95. The van der Waals surface area contributed by atoms with Crippen LogP contribution < -0.4 is 14.5 Å². The van der Waals surface area contributed by atoms with E-state index in [0.717, 1.165) is 80.6 Å². The van der Waals surface area contributed by atoms with Crippen molar-refractivity contribution in [2.45, 2.75) is 12.8 Å². The minimum atomic E-state index is 0.0937. The average Bonchev–Trinajstić information content (AvgIpc) is 2.93. The number of hydrogen-bond acceptors (Lipinski definition) is 6. The number of methoxy groups -OCH3 is 1. The molecule has 1 amide bonds. The highest BCUT2D eigenvalue weighted by molar-refractivity contribution is 5.79. The van der Waals surface area contributed by atoms with E-state index in [1.54, 1.807) is 7.11 Å². The van der Waals surface area contributed by atoms with Gasteiger partial charge in [-0.2, -0.15) is 0 Å². The molecule has 0 N–H and O–H groups in total. The third kappa shape index (κ3) is 4.83. The summed E-state index contributed by atoms with van der Waals surface area (Å²) in [6.45, 7) is 4.90. The molecule has 0 bridgehead atoms. The van der Waals surface area contributed by atoms with E-state index in [4.69, 9.17) is 4.74 Å². The average molecular weight is 458 g/mol. The zero-order valence-corrected chi connectivity index (χ0v) is 19.6. The van der Waals surface area contributed by atoms with Crippen LogP contribution in [-0.2, 0) is 4.79 Å². The van der Waals surface area contributed by atoms with E-state index in [2.05, 4.69) is 32.1 Å². The lowest BCUT2D eigenvalue weighted by Gasteiger charge is -2.39. The summed E-state index contributed by atoms with van der Waals surface area (Å²) < 4.78 is 5.35. The summed E-state index contributed by atoms with van der Waals surface area (Å²) in [6.07, 6.45) is 1.72. The number of nitrogens with zero attached hydrogens (tertiary/aromatic N) is 5. The molecule has 0 unspecified atom stereocenters. The van der Waals surface area contributed by atoms with Gasteiger partial charge in [0.2, 0.25) is 5.91 Å². The number of piperidine rings is 1. The number of piperazine rings is 1. The molecule has 7 nitrogen and oxygen atoms in total. The van der Waals surface area contributed by atoms with E-state index in [-0.39, 0.29) is 5.92 Å². The summed E-state index contributed by atoms with van der Waals surface area (Å²) in [4.78, 5) is 19.8. The Kier molecular flexibility index (Phi) is 6.60. The summed E-state index contributed by atoms with van der Waals surface area (Å²) in [6, 6.07) is 22.3. The molecule has 0 radical (unpaired) electrons. The minimum absolute atomic E-state index is 0.0937. The van der Waals surface area contributed by atoms with Crippen molar-refractivity contribution in [2.75, 3.05) is 56.2 Å². The third-order valence-electron chi connectivity index (χ3n) is 6.90. The van der Waals surface area contributed by atoms with Crippen LogP contribution in [0.25, 0.3) is 11.3 Å². The molecule has 34 heavy (non-hydrogen) atoms. The van der Waals surface area contributed by atoms with Crippen LogP contribution in [-0.4, -0.2) is 67.4 Å². The summed E-state index contributed by atoms with van der Waals surface area (Å²) in [5.74, 6) is 2.14. The minimum Gasteiger partial charge on any atom is -0.497 e. The van der Waals surface area contributed by atoms with Crippen molar-refractivity contribution in [3.05, 3.63) is 66.7 Å². The van der Waals surface area contributed by atoms with Crippen LogP contribution in [0.2, 0.25) is 0 Å². The van der Waals surface area contributed by atoms with Crippen LogP contribution in [0.4, 0.5) is 11.5 Å². The predicted molar refractivity (Wildman–Crippen MR) is 134 cm³/mol. The molecule has 3 aromatic rings. The Bertz CT molecular complexity index is 1090. The first-order valence-corrected chi connectivity index (χ1v) is 12.0. The molecule has 2 saturated heterocycles. The number of hydrogen-bond donors (Lipinski definition) is 0. The van der Waals surface area contributed by atoms with Crippen LogP contribution in [0.15, 0.2) is 66.7 Å². The molecule has 2 aliphatic heterocycles. The van der Waals surface area contributed by atoms with Crippen molar-refractivity contribution in [3.63, 3.8) is 0 Å². The fourth-order valence-electron chi connectivity index (χ4n) is 4.86. The molecule has 1 aromatic heterocycles. The van der Waals surface area contributed by atoms with Crippen molar-refractivity contribution < 1.29 is 9.53 Å². The highest BCUT2D eigenvalue weighted by Gasteiger charge is 2.31. The van der Waals surface area contributed by atoms with E-state index < -0.39 is 0 Å². The van der Waals surface area contributed by atoms with Gasteiger partial charge >= 0.3 is 0 Å². The normalized spacial score (nSPS) is 17.0. The summed E-state index contributed by atoms with van der Waals surface area (Å²) >= 11 is 0. The van der Waals surface area contributed by atoms with Crippen LogP contribution in [0.5, 0.6) is 5.75 Å². The standard InChI is InChI=1S/C27H31N5O2/c1-34-24-9-5-8-23(20-24)30-16-18-32(19-17-30)27(33)22-12-14-31(15-13-22)26-11-10-25(28-29-26)21-6-3-2-4-7-21/h2-11,20,22H,12-19H2,1H3. The van der Waals surface area contributed by atoms with Gasteiger partial charge in [0.1, 0.15) is 5.75 Å². The quantitative estimate of drug-likeness (QED) is 0.582. The van der Waals surface area contributed by atoms with Gasteiger partial charge in [-0.15, -0.1) is 10.2 Å². The number of carbonyl (C=O) groups excluding carboxylic acids is 1. The maximum atomic E-state index is 13.2. The Morgan fingerprint density at radius 2 is 1.59 bits per heavy atom. The fraction of sp³-hybridized carbons (Fsp3) is 0.370. The third-order valence-corrected chi connectivity index (χ3v) is 6.90. The molecule has 2 aliphatic rings. The lowest BCUT2D eigenvalue weighted by Crippen LogP contribution is -2.51. The molecule has 7 heteroatoms. The van der Waals surface area contributed by atoms with Crippen molar-refractivity contribution in [2.24, 2.45) is 5.92 Å². The van der Waals surface area contributed by atoms with E-state index >= 15 is 0 Å².